The first-order chi connectivity index (χ1) is 11.5. The van der Waals surface area contributed by atoms with Gasteiger partial charge in [-0.05, 0) is 13.8 Å². The van der Waals surface area contributed by atoms with E-state index in [1.165, 1.54) is 4.68 Å². The summed E-state index contributed by atoms with van der Waals surface area (Å²) in [4.78, 5) is 12.4. The van der Waals surface area contributed by atoms with Crippen LogP contribution in [0.5, 0.6) is 0 Å². The number of hydrogen-bond acceptors (Lipinski definition) is 4. The molecule has 0 saturated carbocycles. The van der Waals surface area contributed by atoms with Crippen molar-refractivity contribution in [2.24, 2.45) is 7.05 Å². The lowest BCUT2D eigenvalue weighted by atomic mass is 10.3. The fourth-order valence-electron chi connectivity index (χ4n) is 2.43. The highest BCUT2D eigenvalue weighted by Gasteiger charge is 2.19. The van der Waals surface area contributed by atoms with E-state index in [4.69, 9.17) is 11.6 Å². The van der Waals surface area contributed by atoms with Crippen LogP contribution in [0.15, 0.2) is 24.8 Å². The van der Waals surface area contributed by atoms with Gasteiger partial charge >= 0.3 is 0 Å². The first-order valence-corrected chi connectivity index (χ1v) is 7.90. The third kappa shape index (κ3) is 3.18. The van der Waals surface area contributed by atoms with E-state index in [1.54, 1.807) is 31.0 Å². The average molecular weight is 348 g/mol. The minimum atomic E-state index is -0.318. The van der Waals surface area contributed by atoms with Gasteiger partial charge in [-0.2, -0.15) is 15.3 Å². The molecule has 0 unspecified atom stereocenters. The fraction of sp³-hybridized carbons (Fsp3) is 0.333. The van der Waals surface area contributed by atoms with Gasteiger partial charge in [0.1, 0.15) is 5.69 Å². The Hall–Kier alpha value is -2.61. The van der Waals surface area contributed by atoms with E-state index in [1.807, 2.05) is 24.0 Å². The van der Waals surface area contributed by atoms with Crippen LogP contribution in [0.4, 0.5) is 5.69 Å². The summed E-state index contributed by atoms with van der Waals surface area (Å²) in [5.41, 5.74) is 2.58. The normalized spacial score (nSPS) is 11.0. The van der Waals surface area contributed by atoms with Crippen LogP contribution in [-0.4, -0.2) is 35.2 Å². The molecule has 3 rings (SSSR count). The molecule has 3 aromatic rings. The maximum absolute atomic E-state index is 12.4. The lowest BCUT2D eigenvalue weighted by Gasteiger charge is -2.03. The van der Waals surface area contributed by atoms with Crippen molar-refractivity contribution in [3.63, 3.8) is 0 Å². The van der Waals surface area contributed by atoms with Crippen molar-refractivity contribution < 1.29 is 4.79 Å². The van der Waals surface area contributed by atoms with E-state index in [0.29, 0.717) is 28.6 Å². The number of halogens is 1. The van der Waals surface area contributed by atoms with Gasteiger partial charge in [0.05, 0.1) is 35.3 Å². The Labute approximate surface area is 144 Å². The van der Waals surface area contributed by atoms with Gasteiger partial charge in [-0.1, -0.05) is 11.6 Å². The van der Waals surface area contributed by atoms with Gasteiger partial charge in [-0.3, -0.25) is 18.8 Å². The van der Waals surface area contributed by atoms with E-state index < -0.39 is 0 Å². The minimum Gasteiger partial charge on any atom is -0.318 e. The highest BCUT2D eigenvalue weighted by atomic mass is 35.5. The van der Waals surface area contributed by atoms with Crippen molar-refractivity contribution in [2.45, 2.75) is 26.9 Å². The Morgan fingerprint density at radius 1 is 1.25 bits per heavy atom. The molecule has 0 bridgehead atoms. The Balaban J connectivity index is 1.70. The molecule has 8 nitrogen and oxygen atoms in total. The van der Waals surface area contributed by atoms with Gasteiger partial charge in [0.25, 0.3) is 5.91 Å². The van der Waals surface area contributed by atoms with Crippen LogP contribution >= 0.6 is 11.6 Å². The third-order valence-corrected chi connectivity index (χ3v) is 4.06. The Kier molecular flexibility index (Phi) is 4.39. The number of nitrogens with zero attached hydrogens (tertiary/aromatic N) is 6. The van der Waals surface area contributed by atoms with Crippen molar-refractivity contribution in [1.29, 1.82) is 0 Å². The number of rotatable bonds is 5. The molecule has 0 aliphatic carbocycles. The maximum Gasteiger partial charge on any atom is 0.275 e. The van der Waals surface area contributed by atoms with Gasteiger partial charge in [0.2, 0.25) is 0 Å². The molecular weight excluding hydrogens is 330 g/mol. The number of carbonyl (C=O) groups excluding carboxylic acids is 1. The monoisotopic (exact) mass is 347 g/mol. The lowest BCUT2D eigenvalue weighted by molar-refractivity contribution is 0.101. The van der Waals surface area contributed by atoms with E-state index >= 15 is 0 Å². The minimum absolute atomic E-state index is 0.318. The molecule has 0 aromatic carbocycles. The summed E-state index contributed by atoms with van der Waals surface area (Å²) < 4.78 is 5.06. The molecule has 0 atom stereocenters. The molecule has 0 fully saturated rings. The summed E-state index contributed by atoms with van der Waals surface area (Å²) in [6.07, 6.45) is 7.14. The number of nitrogens with one attached hydrogen (secondary N) is 1. The van der Waals surface area contributed by atoms with Crippen LogP contribution in [0.3, 0.4) is 0 Å². The summed E-state index contributed by atoms with van der Waals surface area (Å²) in [5.74, 6) is -0.318. The molecule has 126 valence electrons. The van der Waals surface area contributed by atoms with Crippen LogP contribution in [-0.2, 0) is 20.1 Å². The predicted molar refractivity (Wildman–Crippen MR) is 90.1 cm³/mol. The predicted octanol–water partition coefficient (Wildman–Crippen LogP) is 2.10. The molecule has 1 N–H and O–H groups in total. The molecule has 3 heterocycles. The number of anilines is 1. The first-order valence-electron chi connectivity index (χ1n) is 7.52. The smallest absolute Gasteiger partial charge is 0.275 e. The first kappa shape index (κ1) is 16.3. The molecule has 0 saturated heterocycles. The number of amides is 1. The highest BCUT2D eigenvalue weighted by Crippen LogP contribution is 2.20. The van der Waals surface area contributed by atoms with Gasteiger partial charge in [0.15, 0.2) is 0 Å². The average Bonchev–Trinajstić information content (AvgIpc) is 3.22. The second-order valence-electron chi connectivity index (χ2n) is 5.46. The number of aromatic nitrogens is 6. The second-order valence-corrected chi connectivity index (χ2v) is 5.83. The van der Waals surface area contributed by atoms with Crippen LogP contribution < -0.4 is 5.32 Å². The molecule has 0 aliphatic rings. The second kappa shape index (κ2) is 6.48. The summed E-state index contributed by atoms with van der Waals surface area (Å²) in [6, 6.07) is 0. The maximum atomic E-state index is 12.4. The number of aryl methyl sites for hydroxylation is 3. The molecule has 0 spiro atoms. The van der Waals surface area contributed by atoms with Gasteiger partial charge in [-0.15, -0.1) is 0 Å². The largest absolute Gasteiger partial charge is 0.318 e. The summed E-state index contributed by atoms with van der Waals surface area (Å²) in [5, 5.41) is 15.8. The van der Waals surface area contributed by atoms with Crippen LogP contribution in [0.25, 0.3) is 0 Å². The zero-order chi connectivity index (χ0) is 17.3. The molecule has 9 heteroatoms. The molecule has 24 heavy (non-hydrogen) atoms. The van der Waals surface area contributed by atoms with Crippen molar-refractivity contribution in [3.8, 4) is 0 Å². The van der Waals surface area contributed by atoms with Gasteiger partial charge in [0, 0.05) is 31.5 Å². The summed E-state index contributed by atoms with van der Waals surface area (Å²) >= 11 is 6.13. The Morgan fingerprint density at radius 3 is 2.62 bits per heavy atom. The van der Waals surface area contributed by atoms with Gasteiger partial charge < -0.3 is 5.32 Å². The van der Waals surface area contributed by atoms with E-state index in [9.17, 15) is 4.79 Å². The fourth-order valence-corrected chi connectivity index (χ4v) is 2.68. The third-order valence-electron chi connectivity index (χ3n) is 3.61. The van der Waals surface area contributed by atoms with Crippen LogP contribution in [0.2, 0.25) is 5.02 Å². The van der Waals surface area contributed by atoms with Crippen molar-refractivity contribution in [2.75, 3.05) is 5.32 Å². The van der Waals surface area contributed by atoms with E-state index in [0.717, 1.165) is 12.1 Å². The van der Waals surface area contributed by atoms with Crippen molar-refractivity contribution in [3.05, 3.63) is 46.8 Å². The lowest BCUT2D eigenvalue weighted by Crippen LogP contribution is -2.16. The topological polar surface area (TPSA) is 82.6 Å². The summed E-state index contributed by atoms with van der Waals surface area (Å²) in [7, 11) is 1.68. The number of carbonyl (C=O) groups is 1. The van der Waals surface area contributed by atoms with Crippen LogP contribution in [0.1, 0.15) is 28.7 Å². The van der Waals surface area contributed by atoms with Gasteiger partial charge in [-0.25, -0.2) is 0 Å². The highest BCUT2D eigenvalue weighted by molar-refractivity contribution is 6.34. The molecular formula is C15H18ClN7O. The number of hydrogen-bond donors (Lipinski definition) is 1. The van der Waals surface area contributed by atoms with Crippen molar-refractivity contribution in [1.82, 2.24) is 29.3 Å². The molecule has 3 aromatic heterocycles. The molecule has 1 amide bonds. The molecule has 0 aliphatic heterocycles. The van der Waals surface area contributed by atoms with Crippen LogP contribution in [0, 0.1) is 6.92 Å². The standard InChI is InChI=1S/C15H18ClN7O/c1-4-22-7-11(5-17-22)8-23-9-12(6-18-23)19-15(24)14-13(16)10(2)20-21(14)3/h5-7,9H,4,8H2,1-3H3,(H,19,24). The van der Waals surface area contributed by atoms with E-state index in [2.05, 4.69) is 20.6 Å². The SMILES string of the molecule is CCn1cc(Cn2cc(NC(=O)c3c(Cl)c(C)nn3C)cn2)cn1. The van der Waals surface area contributed by atoms with E-state index in [-0.39, 0.29) is 5.91 Å². The summed E-state index contributed by atoms with van der Waals surface area (Å²) in [6.45, 7) is 5.20. The van der Waals surface area contributed by atoms with Crippen molar-refractivity contribution >= 4 is 23.2 Å². The Morgan fingerprint density at radius 2 is 2.00 bits per heavy atom. The zero-order valence-corrected chi connectivity index (χ0v) is 14.4. The molecule has 0 radical (unpaired) electrons. The Bertz CT molecular complexity index is 876. The zero-order valence-electron chi connectivity index (χ0n) is 13.7. The quantitative estimate of drug-likeness (QED) is 0.766.